The van der Waals surface area contributed by atoms with E-state index in [2.05, 4.69) is 50.5 Å². The summed E-state index contributed by atoms with van der Waals surface area (Å²) in [5.41, 5.74) is 7.58. The van der Waals surface area contributed by atoms with E-state index in [1.165, 1.54) is 28.1 Å². The molecule has 1 N–H and O–H groups in total. The van der Waals surface area contributed by atoms with Crippen molar-refractivity contribution >= 4 is 33.1 Å². The molecule has 2 aromatic carbocycles. The summed E-state index contributed by atoms with van der Waals surface area (Å²) >= 11 is 3.46. The SMILES string of the molecule is O=C(c1ccc(Br)cc1)C1c2ccc([N+]3(c4ccncc4)CCNCC3)c3c2C31. The Labute approximate surface area is 178 Å². The van der Waals surface area contributed by atoms with Crippen LogP contribution in [0.1, 0.15) is 38.9 Å². The number of pyridine rings is 1. The number of nitrogens with one attached hydrogen (secondary N) is 1. The first-order valence-corrected chi connectivity index (χ1v) is 11.0. The summed E-state index contributed by atoms with van der Waals surface area (Å²) < 4.78 is 1.86. The Kier molecular flexibility index (Phi) is 3.82. The fourth-order valence-corrected chi connectivity index (χ4v) is 5.68. The van der Waals surface area contributed by atoms with E-state index in [4.69, 9.17) is 0 Å². The van der Waals surface area contributed by atoms with Crippen LogP contribution >= 0.6 is 15.9 Å². The van der Waals surface area contributed by atoms with Crippen molar-refractivity contribution in [3.8, 4) is 0 Å². The number of halogens is 1. The molecule has 0 bridgehead atoms. The minimum Gasteiger partial charge on any atom is -0.306 e. The van der Waals surface area contributed by atoms with Crippen LogP contribution in [0.25, 0.3) is 0 Å². The van der Waals surface area contributed by atoms with E-state index in [0.717, 1.165) is 40.7 Å². The Hall–Kier alpha value is -2.34. The van der Waals surface area contributed by atoms with Crippen LogP contribution in [0.4, 0.5) is 11.4 Å². The monoisotopic (exact) mass is 446 g/mol. The lowest BCUT2D eigenvalue weighted by atomic mass is 9.78. The molecular formula is C24H21BrN3O+. The Morgan fingerprint density at radius 3 is 2.41 bits per heavy atom. The van der Waals surface area contributed by atoms with Crippen molar-refractivity contribution in [3.05, 3.63) is 87.7 Å². The number of quaternary nitrogens is 1. The van der Waals surface area contributed by atoms with Gasteiger partial charge in [-0.1, -0.05) is 34.1 Å². The standard InChI is InChI=1S/C24H21BrN3O/c25-16-3-1-15(2-4-16)24(29)21-18-5-6-19(22-20(18)23(21)22)28(13-11-27-12-14-28)17-7-9-26-10-8-17/h1-10,21,23,27H,11-14H2/q+1. The van der Waals surface area contributed by atoms with Gasteiger partial charge in [0.15, 0.2) is 5.78 Å². The van der Waals surface area contributed by atoms with E-state index in [1.54, 1.807) is 0 Å². The molecule has 144 valence electrons. The molecule has 1 saturated heterocycles. The molecule has 1 aromatic heterocycles. The molecule has 1 aliphatic heterocycles. The topological polar surface area (TPSA) is 42.0 Å². The summed E-state index contributed by atoms with van der Waals surface area (Å²) in [7, 11) is 0. The van der Waals surface area contributed by atoms with Crippen LogP contribution in [0, 0.1) is 0 Å². The highest BCUT2D eigenvalue weighted by Gasteiger charge is 2.60. The van der Waals surface area contributed by atoms with Crippen molar-refractivity contribution in [2.45, 2.75) is 11.8 Å². The number of hydrogen-bond donors (Lipinski definition) is 1. The van der Waals surface area contributed by atoms with E-state index in [1.807, 2.05) is 36.7 Å². The number of rotatable bonds is 4. The van der Waals surface area contributed by atoms with Gasteiger partial charge < -0.3 is 5.32 Å². The fraction of sp³-hybridized carbons (Fsp3) is 0.250. The zero-order valence-corrected chi connectivity index (χ0v) is 17.5. The van der Waals surface area contributed by atoms with Gasteiger partial charge in [-0.3, -0.25) is 14.3 Å². The summed E-state index contributed by atoms with van der Waals surface area (Å²) in [5.74, 6) is 0.561. The maximum Gasteiger partial charge on any atom is 0.171 e. The van der Waals surface area contributed by atoms with Gasteiger partial charge in [0.1, 0.15) is 24.5 Å². The highest BCUT2D eigenvalue weighted by Crippen LogP contribution is 2.69. The third kappa shape index (κ3) is 2.44. The fourth-order valence-electron chi connectivity index (χ4n) is 5.41. The van der Waals surface area contributed by atoms with E-state index < -0.39 is 0 Å². The zero-order valence-electron chi connectivity index (χ0n) is 15.9. The third-order valence-electron chi connectivity index (χ3n) is 6.87. The third-order valence-corrected chi connectivity index (χ3v) is 7.40. The minimum absolute atomic E-state index is 0.00432. The molecule has 0 spiro atoms. The summed E-state index contributed by atoms with van der Waals surface area (Å²) in [6.45, 7) is 4.03. The van der Waals surface area contributed by atoms with Gasteiger partial charge in [0.2, 0.25) is 0 Å². The molecule has 2 aliphatic carbocycles. The van der Waals surface area contributed by atoms with E-state index in [-0.39, 0.29) is 11.7 Å². The lowest BCUT2D eigenvalue weighted by molar-refractivity contribution is 0.0950. The van der Waals surface area contributed by atoms with Gasteiger partial charge in [-0.25, -0.2) is 0 Å². The predicted octanol–water partition coefficient (Wildman–Crippen LogP) is 4.51. The number of benzene rings is 2. The molecule has 2 atom stereocenters. The van der Waals surface area contributed by atoms with Crippen LogP contribution < -0.4 is 9.80 Å². The summed E-state index contributed by atoms with van der Waals surface area (Å²) in [6.07, 6.45) is 3.78. The molecule has 29 heavy (non-hydrogen) atoms. The molecule has 0 saturated carbocycles. The number of aromatic nitrogens is 1. The van der Waals surface area contributed by atoms with Crippen LogP contribution in [-0.4, -0.2) is 36.9 Å². The molecule has 0 radical (unpaired) electrons. The number of nitrogens with zero attached hydrogens (tertiary/aromatic N) is 2. The number of piperazine rings is 1. The lowest BCUT2D eigenvalue weighted by Gasteiger charge is -2.40. The second kappa shape index (κ2) is 6.33. The molecule has 0 amide bonds. The Balaban J connectivity index is 1.38. The van der Waals surface area contributed by atoms with Crippen molar-refractivity contribution in [2.75, 3.05) is 26.2 Å². The first kappa shape index (κ1) is 17.5. The second-order valence-electron chi connectivity index (χ2n) is 8.20. The minimum atomic E-state index is -0.00432. The molecule has 3 aliphatic rings. The largest absolute Gasteiger partial charge is 0.306 e. The molecule has 3 aromatic rings. The maximum atomic E-state index is 13.2. The number of carbonyl (C=O) groups excluding carboxylic acids is 1. The number of Topliss-reactive ketones (excluding diaryl/α,β-unsaturated/α-hetero) is 1. The number of ketones is 1. The zero-order chi connectivity index (χ0) is 19.6. The van der Waals surface area contributed by atoms with Crippen molar-refractivity contribution in [2.24, 2.45) is 0 Å². The van der Waals surface area contributed by atoms with Gasteiger partial charge in [0.25, 0.3) is 0 Å². The van der Waals surface area contributed by atoms with Crippen molar-refractivity contribution in [1.82, 2.24) is 14.8 Å². The number of fused-ring (bicyclic) bond motifs is 1. The highest BCUT2D eigenvalue weighted by molar-refractivity contribution is 9.10. The van der Waals surface area contributed by atoms with Gasteiger partial charge in [-0.2, -0.15) is 0 Å². The molecular weight excluding hydrogens is 426 g/mol. The Morgan fingerprint density at radius 2 is 1.69 bits per heavy atom. The molecule has 1 fully saturated rings. The summed E-state index contributed by atoms with van der Waals surface area (Å²) in [6, 6.07) is 16.5. The summed E-state index contributed by atoms with van der Waals surface area (Å²) in [4.78, 5) is 17.4. The highest BCUT2D eigenvalue weighted by atomic mass is 79.9. The number of carbonyl (C=O) groups is 1. The van der Waals surface area contributed by atoms with Crippen LogP contribution in [0.2, 0.25) is 0 Å². The summed E-state index contributed by atoms with van der Waals surface area (Å²) in [5, 5.41) is 3.50. The normalized spacial score (nSPS) is 23.1. The van der Waals surface area contributed by atoms with E-state index >= 15 is 0 Å². The van der Waals surface area contributed by atoms with Crippen molar-refractivity contribution in [3.63, 3.8) is 0 Å². The molecule has 4 nitrogen and oxygen atoms in total. The van der Waals surface area contributed by atoms with Crippen LogP contribution in [-0.2, 0) is 0 Å². The lowest BCUT2D eigenvalue weighted by Crippen LogP contribution is -2.56. The van der Waals surface area contributed by atoms with E-state index in [0.29, 0.717) is 5.92 Å². The predicted molar refractivity (Wildman–Crippen MR) is 118 cm³/mol. The average Bonchev–Trinajstić information content (AvgIpc) is 3.47. The smallest absolute Gasteiger partial charge is 0.171 e. The maximum absolute atomic E-state index is 13.2. The van der Waals surface area contributed by atoms with Crippen LogP contribution in [0.15, 0.2) is 65.4 Å². The van der Waals surface area contributed by atoms with Crippen molar-refractivity contribution < 1.29 is 4.79 Å². The van der Waals surface area contributed by atoms with Gasteiger partial charge in [-0.15, -0.1) is 0 Å². The van der Waals surface area contributed by atoms with Crippen molar-refractivity contribution in [1.29, 1.82) is 0 Å². The van der Waals surface area contributed by atoms with Crippen LogP contribution in [0.5, 0.6) is 0 Å². The molecule has 2 unspecified atom stereocenters. The molecule has 6 rings (SSSR count). The van der Waals surface area contributed by atoms with Gasteiger partial charge in [0, 0.05) is 65.2 Å². The van der Waals surface area contributed by atoms with Gasteiger partial charge in [-0.05, 0) is 23.3 Å². The second-order valence-corrected chi connectivity index (χ2v) is 9.11. The first-order valence-electron chi connectivity index (χ1n) is 10.2. The number of hydrogen-bond acceptors (Lipinski definition) is 3. The first-order chi connectivity index (χ1) is 14.2. The van der Waals surface area contributed by atoms with E-state index in [9.17, 15) is 4.79 Å². The average molecular weight is 447 g/mol. The Morgan fingerprint density at radius 1 is 0.966 bits per heavy atom. The molecule has 2 heterocycles. The van der Waals surface area contributed by atoms with Gasteiger partial charge in [0.05, 0.1) is 5.92 Å². The van der Waals surface area contributed by atoms with Crippen LogP contribution in [0.3, 0.4) is 0 Å². The molecule has 5 heteroatoms. The quantitative estimate of drug-likeness (QED) is 0.473. The Bertz CT molecular complexity index is 1120. The van der Waals surface area contributed by atoms with Gasteiger partial charge >= 0.3 is 0 Å².